The van der Waals surface area contributed by atoms with Crippen LogP contribution in [0.15, 0.2) is 24.3 Å². The lowest BCUT2D eigenvalue weighted by molar-refractivity contribution is -0.126. The van der Waals surface area contributed by atoms with E-state index in [1.54, 1.807) is 4.90 Å². The zero-order chi connectivity index (χ0) is 17.8. The summed E-state index contributed by atoms with van der Waals surface area (Å²) in [7, 11) is 2.09. The largest absolute Gasteiger partial charge is 0.494 e. The molecule has 1 heterocycles. The summed E-state index contributed by atoms with van der Waals surface area (Å²) in [6, 6.07) is 8.14. The quantitative estimate of drug-likeness (QED) is 0.778. The minimum Gasteiger partial charge on any atom is -0.494 e. The van der Waals surface area contributed by atoms with Crippen LogP contribution in [-0.4, -0.2) is 56.0 Å². The van der Waals surface area contributed by atoms with Gasteiger partial charge in [0.25, 0.3) is 0 Å². The van der Waals surface area contributed by atoms with Crippen LogP contribution in [0.3, 0.4) is 0 Å². The first-order chi connectivity index (χ1) is 12.1. The predicted octanol–water partition coefficient (Wildman–Crippen LogP) is 1.65. The molecule has 0 bridgehead atoms. The first-order valence-electron chi connectivity index (χ1n) is 9.09. The molecule has 1 saturated carbocycles. The Bertz CT molecular complexity index is 613. The molecule has 0 aromatic heterocycles. The lowest BCUT2D eigenvalue weighted by atomic mass is 10.1. The van der Waals surface area contributed by atoms with E-state index < -0.39 is 0 Å². The number of carbonyl (C=O) groups is 2. The molecule has 1 N–H and O–H groups in total. The topological polar surface area (TPSA) is 61.9 Å². The second-order valence-corrected chi connectivity index (χ2v) is 6.84. The zero-order valence-corrected chi connectivity index (χ0v) is 15.0. The van der Waals surface area contributed by atoms with Crippen LogP contribution in [0.25, 0.3) is 0 Å². The Labute approximate surface area is 149 Å². The summed E-state index contributed by atoms with van der Waals surface area (Å²) in [5.74, 6) is 0.489. The van der Waals surface area contributed by atoms with E-state index in [4.69, 9.17) is 4.74 Å². The van der Waals surface area contributed by atoms with E-state index >= 15 is 0 Å². The number of hydrogen-bond acceptors (Lipinski definition) is 4. The van der Waals surface area contributed by atoms with Gasteiger partial charge in [-0.3, -0.25) is 9.59 Å². The smallest absolute Gasteiger partial charge is 0.227 e. The number of anilines is 1. The van der Waals surface area contributed by atoms with E-state index in [0.29, 0.717) is 25.7 Å². The average Bonchev–Trinajstić information content (AvgIpc) is 3.38. The summed E-state index contributed by atoms with van der Waals surface area (Å²) in [5, 5.41) is 2.98. The molecular weight excluding hydrogens is 318 g/mol. The molecule has 1 atom stereocenters. The first-order valence-corrected chi connectivity index (χ1v) is 9.09. The molecule has 1 aliphatic heterocycles. The molecule has 0 radical (unpaired) electrons. The van der Waals surface area contributed by atoms with Gasteiger partial charge < -0.3 is 19.9 Å². The summed E-state index contributed by atoms with van der Waals surface area (Å²) in [6.45, 7) is 4.49. The van der Waals surface area contributed by atoms with Crippen molar-refractivity contribution in [2.45, 2.75) is 32.2 Å². The van der Waals surface area contributed by atoms with Gasteiger partial charge in [-0.05, 0) is 51.1 Å². The number of benzene rings is 1. The van der Waals surface area contributed by atoms with Crippen molar-refractivity contribution in [2.24, 2.45) is 5.92 Å². The molecule has 6 heteroatoms. The molecule has 1 aliphatic carbocycles. The zero-order valence-electron chi connectivity index (χ0n) is 15.0. The lowest BCUT2D eigenvalue weighted by Gasteiger charge is -2.18. The monoisotopic (exact) mass is 345 g/mol. The van der Waals surface area contributed by atoms with Crippen LogP contribution in [0.5, 0.6) is 5.75 Å². The Morgan fingerprint density at radius 3 is 2.68 bits per heavy atom. The number of carbonyl (C=O) groups excluding carboxylic acids is 2. The Morgan fingerprint density at radius 1 is 1.32 bits per heavy atom. The van der Waals surface area contributed by atoms with Gasteiger partial charge in [0.1, 0.15) is 5.75 Å². The summed E-state index contributed by atoms with van der Waals surface area (Å²) in [5.41, 5.74) is 0.817. The van der Waals surface area contributed by atoms with Gasteiger partial charge in [0, 0.05) is 37.8 Å². The molecule has 1 saturated heterocycles. The fraction of sp³-hybridized carbons (Fsp3) is 0.579. The van der Waals surface area contributed by atoms with Gasteiger partial charge in [-0.15, -0.1) is 0 Å². The lowest BCUT2D eigenvalue weighted by Crippen LogP contribution is -2.38. The highest BCUT2D eigenvalue weighted by Gasteiger charge is 2.35. The molecular formula is C19H27N3O3. The van der Waals surface area contributed by atoms with Crippen LogP contribution in [0.2, 0.25) is 0 Å². The van der Waals surface area contributed by atoms with Crippen molar-refractivity contribution in [3.8, 4) is 5.75 Å². The van der Waals surface area contributed by atoms with Gasteiger partial charge in [-0.2, -0.15) is 0 Å². The number of ether oxygens (including phenoxy) is 1. The number of nitrogens with zero attached hydrogens (tertiary/aromatic N) is 2. The number of nitrogens with one attached hydrogen (secondary N) is 1. The van der Waals surface area contributed by atoms with Gasteiger partial charge in [-0.1, -0.05) is 0 Å². The van der Waals surface area contributed by atoms with Gasteiger partial charge >= 0.3 is 0 Å². The number of amides is 2. The molecule has 6 nitrogen and oxygen atoms in total. The van der Waals surface area contributed by atoms with Crippen molar-refractivity contribution in [1.29, 1.82) is 0 Å². The van der Waals surface area contributed by atoms with Crippen LogP contribution >= 0.6 is 0 Å². The Morgan fingerprint density at radius 2 is 2.04 bits per heavy atom. The highest BCUT2D eigenvalue weighted by Crippen LogP contribution is 2.27. The van der Waals surface area contributed by atoms with Crippen molar-refractivity contribution >= 4 is 17.5 Å². The first kappa shape index (κ1) is 17.7. The van der Waals surface area contributed by atoms with Gasteiger partial charge in [0.2, 0.25) is 11.8 Å². The van der Waals surface area contributed by atoms with Crippen LogP contribution in [0.4, 0.5) is 5.69 Å². The molecule has 1 aromatic carbocycles. The third kappa shape index (κ3) is 4.51. The minimum absolute atomic E-state index is 0.000548. The predicted molar refractivity (Wildman–Crippen MR) is 96.7 cm³/mol. The second kappa shape index (κ2) is 7.87. The van der Waals surface area contributed by atoms with Gasteiger partial charge in [-0.25, -0.2) is 0 Å². The fourth-order valence-corrected chi connectivity index (χ4v) is 3.22. The summed E-state index contributed by atoms with van der Waals surface area (Å²) in [6.07, 6.45) is 2.80. The number of rotatable bonds is 8. The normalized spacial score (nSPS) is 20.2. The van der Waals surface area contributed by atoms with Crippen LogP contribution < -0.4 is 15.0 Å². The molecule has 1 aromatic rings. The molecule has 0 unspecified atom stereocenters. The summed E-state index contributed by atoms with van der Waals surface area (Å²) in [4.78, 5) is 28.6. The van der Waals surface area contributed by atoms with Crippen molar-refractivity contribution < 1.29 is 14.3 Å². The molecule has 25 heavy (non-hydrogen) atoms. The van der Waals surface area contributed by atoms with Crippen molar-refractivity contribution in [3.63, 3.8) is 0 Å². The highest BCUT2D eigenvalue weighted by molar-refractivity contribution is 6.00. The summed E-state index contributed by atoms with van der Waals surface area (Å²) < 4.78 is 5.42. The van der Waals surface area contributed by atoms with Crippen molar-refractivity contribution in [3.05, 3.63) is 24.3 Å². The Kier molecular flexibility index (Phi) is 5.58. The fourth-order valence-electron chi connectivity index (χ4n) is 3.22. The maximum Gasteiger partial charge on any atom is 0.227 e. The average molecular weight is 345 g/mol. The number of likely N-dealkylation sites (N-methyl/N-ethyl adjacent to an activating group) is 1. The van der Waals surface area contributed by atoms with Crippen LogP contribution in [0.1, 0.15) is 26.2 Å². The molecule has 0 spiro atoms. The van der Waals surface area contributed by atoms with Gasteiger partial charge in [0.15, 0.2) is 0 Å². The molecule has 3 rings (SSSR count). The van der Waals surface area contributed by atoms with Gasteiger partial charge in [0.05, 0.1) is 12.5 Å². The third-order valence-corrected chi connectivity index (χ3v) is 4.89. The number of hydrogen-bond donors (Lipinski definition) is 1. The molecule has 2 fully saturated rings. The molecule has 2 aliphatic rings. The standard InChI is InChI=1S/C19H27N3O3/c1-3-25-17-8-6-16(7-9-17)22-13-14(12-18(22)23)19(24)20-10-11-21(2)15-4-5-15/h6-9,14-15H,3-5,10-13H2,1-2H3,(H,20,24)/t14-/m0/s1. The van der Waals surface area contributed by atoms with E-state index in [2.05, 4.69) is 17.3 Å². The molecule has 136 valence electrons. The van der Waals surface area contributed by atoms with E-state index in [-0.39, 0.29) is 24.2 Å². The van der Waals surface area contributed by atoms with Crippen LogP contribution in [0, 0.1) is 5.92 Å². The minimum atomic E-state index is -0.273. The van der Waals surface area contributed by atoms with E-state index in [0.717, 1.165) is 18.0 Å². The van der Waals surface area contributed by atoms with E-state index in [1.807, 2.05) is 31.2 Å². The maximum absolute atomic E-state index is 12.3. The van der Waals surface area contributed by atoms with E-state index in [9.17, 15) is 9.59 Å². The maximum atomic E-state index is 12.3. The van der Waals surface area contributed by atoms with Crippen LogP contribution in [-0.2, 0) is 9.59 Å². The SMILES string of the molecule is CCOc1ccc(N2C[C@@H](C(=O)NCCN(C)C3CC3)CC2=O)cc1. The van der Waals surface area contributed by atoms with E-state index in [1.165, 1.54) is 12.8 Å². The highest BCUT2D eigenvalue weighted by atomic mass is 16.5. The van der Waals surface area contributed by atoms with Crippen molar-refractivity contribution in [2.75, 3.05) is 38.2 Å². The Hall–Kier alpha value is -2.08. The Balaban J connectivity index is 1.49. The van der Waals surface area contributed by atoms with Crippen molar-refractivity contribution in [1.82, 2.24) is 10.2 Å². The third-order valence-electron chi connectivity index (χ3n) is 4.89. The second-order valence-electron chi connectivity index (χ2n) is 6.84. The summed E-state index contributed by atoms with van der Waals surface area (Å²) >= 11 is 0. The molecule has 2 amide bonds.